The fraction of sp³-hybridized carbons (Fsp3) is 1.00. The van der Waals surface area contributed by atoms with Crippen molar-refractivity contribution in [2.24, 2.45) is 0 Å². The summed E-state index contributed by atoms with van der Waals surface area (Å²) in [7, 11) is 0. The van der Waals surface area contributed by atoms with E-state index in [-0.39, 0.29) is 34.3 Å². The Morgan fingerprint density at radius 2 is 2.25 bits per heavy atom. The van der Waals surface area contributed by atoms with E-state index in [1.807, 2.05) is 0 Å². The Morgan fingerprint density at radius 3 is 2.38 bits per heavy atom. The molecule has 0 bridgehead atoms. The first-order valence-corrected chi connectivity index (χ1v) is 1.65. The molecule has 6 heteroatoms. The van der Waals surface area contributed by atoms with E-state index in [0.29, 0.717) is 0 Å². The van der Waals surface area contributed by atoms with E-state index in [9.17, 15) is 10.1 Å². The van der Waals surface area contributed by atoms with Crippen molar-refractivity contribution in [1.82, 2.24) is 0 Å². The zero-order valence-corrected chi connectivity index (χ0v) is 6.12. The van der Waals surface area contributed by atoms with Gasteiger partial charge in [-0.25, -0.2) is 0 Å². The van der Waals surface area contributed by atoms with Gasteiger partial charge in [0.25, 0.3) is 5.09 Å². The van der Waals surface area contributed by atoms with Crippen molar-refractivity contribution in [3.05, 3.63) is 10.1 Å². The van der Waals surface area contributed by atoms with E-state index in [2.05, 4.69) is 4.84 Å². The van der Waals surface area contributed by atoms with Crippen LogP contribution >= 0.6 is 0 Å². The maximum absolute atomic E-state index is 9.23. The number of aliphatic hydroxyl groups is 1. The van der Waals surface area contributed by atoms with Gasteiger partial charge in [-0.2, -0.15) is 0 Å². The molecule has 0 aromatic heterocycles. The second kappa shape index (κ2) is 6.85. The van der Waals surface area contributed by atoms with Crippen LogP contribution in [0.1, 0.15) is 0 Å². The van der Waals surface area contributed by atoms with Crippen molar-refractivity contribution in [2.45, 2.75) is 0 Å². The van der Waals surface area contributed by atoms with Crippen molar-refractivity contribution in [3.63, 3.8) is 0 Å². The predicted octanol–water partition coefficient (Wildman–Crippen LogP) is -0.816. The molecule has 0 saturated heterocycles. The average Bonchev–Trinajstić information content (AvgIpc) is 1.61. The van der Waals surface area contributed by atoms with Gasteiger partial charge in [0.05, 0.1) is 6.61 Å². The number of hydrogen-bond donors (Lipinski definition) is 1. The van der Waals surface area contributed by atoms with Gasteiger partial charge in [0.2, 0.25) is 0 Å². The first-order chi connectivity index (χ1) is 3.27. The Balaban J connectivity index is 0. The van der Waals surface area contributed by atoms with Crippen LogP contribution < -0.4 is 0 Å². The third-order valence-corrected chi connectivity index (χ3v) is 0.288. The van der Waals surface area contributed by atoms with E-state index in [1.54, 1.807) is 0 Å². The molecule has 0 aromatic carbocycles. The Hall–Kier alpha value is -0.152. The molecule has 0 aliphatic rings. The molecule has 0 aliphatic carbocycles. The molecule has 0 atom stereocenters. The molecule has 8 heavy (non-hydrogen) atoms. The zero-order valence-electron chi connectivity index (χ0n) is 3.85. The Kier molecular flexibility index (Phi) is 9.21. The fourth-order valence-electron chi connectivity index (χ4n) is 0.115. The van der Waals surface area contributed by atoms with Crippen LogP contribution in [0.15, 0.2) is 0 Å². The van der Waals surface area contributed by atoms with Gasteiger partial charge in [0.1, 0.15) is 6.61 Å². The molecular weight excluding hydrogens is 297 g/mol. The third kappa shape index (κ3) is 9.28. The minimum absolute atomic E-state index is 0. The summed E-state index contributed by atoms with van der Waals surface area (Å²) in [5.74, 6) is 0. The van der Waals surface area contributed by atoms with Gasteiger partial charge in [0.15, 0.2) is 0 Å². The van der Waals surface area contributed by atoms with E-state index in [0.717, 1.165) is 0 Å². The monoisotopic (exact) mass is 302 g/mol. The van der Waals surface area contributed by atoms with Crippen LogP contribution in [0.4, 0.5) is 0 Å². The molecule has 0 unspecified atom stereocenters. The van der Waals surface area contributed by atoms with Crippen molar-refractivity contribution in [3.8, 4) is 0 Å². The van der Waals surface area contributed by atoms with Gasteiger partial charge < -0.3 is 9.94 Å². The van der Waals surface area contributed by atoms with Gasteiger partial charge >= 0.3 is 0 Å². The summed E-state index contributed by atoms with van der Waals surface area (Å²) in [4.78, 5) is 12.9. The zero-order chi connectivity index (χ0) is 5.70. The summed E-state index contributed by atoms with van der Waals surface area (Å²) in [6.45, 7) is -0.562. The van der Waals surface area contributed by atoms with Crippen LogP contribution in [0.25, 0.3) is 0 Å². The van der Waals surface area contributed by atoms with Crippen molar-refractivity contribution < 1.29 is 36.1 Å². The molecule has 0 radical (unpaired) electrons. The minimum Gasteiger partial charge on any atom is -0.394 e. The molecule has 1 N–H and O–H groups in total. The van der Waals surface area contributed by atoms with Gasteiger partial charge in [-0.15, -0.1) is 10.1 Å². The maximum atomic E-state index is 9.23. The molecule has 0 heterocycles. The van der Waals surface area contributed by atoms with E-state index in [4.69, 9.17) is 5.11 Å². The molecule has 0 amide bonds. The molecule has 52 valence electrons. The molecule has 0 saturated carbocycles. The van der Waals surface area contributed by atoms with Crippen molar-refractivity contribution in [2.75, 3.05) is 13.2 Å². The summed E-state index contributed by atoms with van der Waals surface area (Å²) < 4.78 is 0. The molecule has 0 fully saturated rings. The number of aliphatic hydroxyl groups excluding tert-OH is 1. The topological polar surface area (TPSA) is 72.6 Å². The Labute approximate surface area is 60.0 Å². The molecule has 5 nitrogen and oxygen atoms in total. The summed E-state index contributed by atoms with van der Waals surface area (Å²) in [5.41, 5.74) is 0. The first-order valence-electron chi connectivity index (χ1n) is 1.65. The van der Waals surface area contributed by atoms with Crippen LogP contribution in [0.3, 0.4) is 0 Å². The normalized spacial score (nSPS) is 7.12. The number of hydrogen-bond acceptors (Lipinski definition) is 4. The van der Waals surface area contributed by atoms with E-state index < -0.39 is 5.09 Å². The van der Waals surface area contributed by atoms with Crippen LogP contribution in [0, 0.1) is 10.1 Å². The van der Waals surface area contributed by atoms with Gasteiger partial charge in [-0.05, 0) is 0 Å². The molecule has 0 aromatic rings. The number of nitrogens with zero attached hydrogens (tertiary/aromatic N) is 1. The second-order valence-corrected chi connectivity index (χ2v) is 0.780. The van der Waals surface area contributed by atoms with E-state index in [1.165, 1.54) is 0 Å². The first kappa shape index (κ1) is 10.8. The number of rotatable bonds is 3. The Bertz CT molecular complexity index is 67.1. The third-order valence-electron chi connectivity index (χ3n) is 0.288. The SMILES string of the molecule is O=[N+]([O-])OCCO.[Pt]. The summed E-state index contributed by atoms with van der Waals surface area (Å²) in [5, 5.41) is 16.2. The standard InChI is InChI=1S/C2H5NO4.Pt/c4-1-2-7-3(5)6;/h4H,1-2H2;. The maximum Gasteiger partial charge on any atom is 0.294 e. The van der Waals surface area contributed by atoms with Crippen LogP contribution in [0.2, 0.25) is 0 Å². The van der Waals surface area contributed by atoms with Crippen LogP contribution in [-0.2, 0) is 25.9 Å². The van der Waals surface area contributed by atoms with Crippen molar-refractivity contribution in [1.29, 1.82) is 0 Å². The molecule has 0 rings (SSSR count). The smallest absolute Gasteiger partial charge is 0.294 e. The Morgan fingerprint density at radius 1 is 1.75 bits per heavy atom. The second-order valence-electron chi connectivity index (χ2n) is 0.780. The molecular formula is C2H5NO4Pt. The fourth-order valence-corrected chi connectivity index (χ4v) is 0.115. The van der Waals surface area contributed by atoms with Gasteiger partial charge in [-0.1, -0.05) is 0 Å². The van der Waals surface area contributed by atoms with Crippen LogP contribution in [0.5, 0.6) is 0 Å². The van der Waals surface area contributed by atoms with Gasteiger partial charge in [-0.3, -0.25) is 0 Å². The molecule has 0 spiro atoms. The average molecular weight is 302 g/mol. The van der Waals surface area contributed by atoms with E-state index >= 15 is 0 Å². The quantitative estimate of drug-likeness (QED) is 0.546. The summed E-state index contributed by atoms with van der Waals surface area (Å²) >= 11 is 0. The molecule has 0 aliphatic heterocycles. The predicted molar refractivity (Wildman–Crippen MR) is 20.0 cm³/mol. The van der Waals surface area contributed by atoms with Gasteiger partial charge in [0, 0.05) is 21.1 Å². The summed E-state index contributed by atoms with van der Waals surface area (Å²) in [6.07, 6.45) is 0. The van der Waals surface area contributed by atoms with Crippen molar-refractivity contribution >= 4 is 0 Å². The minimum atomic E-state index is -0.948. The summed E-state index contributed by atoms with van der Waals surface area (Å²) in [6, 6.07) is 0. The largest absolute Gasteiger partial charge is 0.394 e. The van der Waals surface area contributed by atoms with Crippen LogP contribution in [-0.4, -0.2) is 23.4 Å².